The summed E-state index contributed by atoms with van der Waals surface area (Å²) in [6.45, 7) is 1.23. The predicted molar refractivity (Wildman–Crippen MR) is 104 cm³/mol. The van der Waals surface area contributed by atoms with Crippen LogP contribution in [0.15, 0.2) is 48.5 Å². The normalized spacial score (nSPS) is 11.4. The maximum absolute atomic E-state index is 13.1. The molecule has 0 fully saturated rings. The number of benzene rings is 2. The van der Waals surface area contributed by atoms with Crippen LogP contribution in [0.2, 0.25) is 5.02 Å². The minimum atomic E-state index is -4.05. The van der Waals surface area contributed by atoms with Crippen molar-refractivity contribution in [3.63, 3.8) is 0 Å². The number of phenols is 1. The van der Waals surface area contributed by atoms with Gasteiger partial charge in [0, 0.05) is 18.6 Å². The third kappa shape index (κ3) is 5.59. The molecule has 0 atom stereocenters. The van der Waals surface area contributed by atoms with Gasteiger partial charge < -0.3 is 9.84 Å². The number of halogens is 1. The van der Waals surface area contributed by atoms with Crippen LogP contribution in [0.25, 0.3) is 0 Å². The molecule has 27 heavy (non-hydrogen) atoms. The smallest absolute Gasteiger partial charge is 0.321 e. The van der Waals surface area contributed by atoms with Crippen molar-refractivity contribution in [1.29, 1.82) is 0 Å². The fraction of sp³-hybridized carbons (Fsp3) is 0.278. The number of phenolic OH excluding ortho intramolecular Hbond substituents is 1. The molecule has 146 valence electrons. The number of nitrogens with zero attached hydrogens (tertiary/aromatic N) is 2. The molecule has 1 N–H and O–H groups in total. The van der Waals surface area contributed by atoms with Crippen molar-refractivity contribution in [3.05, 3.63) is 59.1 Å². The Hall–Kier alpha value is -2.29. The van der Waals surface area contributed by atoms with E-state index in [1.54, 1.807) is 43.3 Å². The van der Waals surface area contributed by atoms with E-state index in [-0.39, 0.29) is 18.9 Å². The van der Waals surface area contributed by atoms with Gasteiger partial charge in [-0.25, -0.2) is 0 Å². The molecule has 0 aromatic heterocycles. The van der Waals surface area contributed by atoms with Crippen LogP contribution in [-0.4, -0.2) is 44.0 Å². The molecule has 9 heteroatoms. The van der Waals surface area contributed by atoms with Crippen LogP contribution >= 0.6 is 11.6 Å². The number of ether oxygens (including phenoxy) is 1. The first-order valence-corrected chi connectivity index (χ1v) is 9.94. The van der Waals surface area contributed by atoms with E-state index in [0.29, 0.717) is 16.3 Å². The number of carbonyl (C=O) groups excluding carboxylic acids is 1. The van der Waals surface area contributed by atoms with E-state index < -0.39 is 22.7 Å². The van der Waals surface area contributed by atoms with Crippen LogP contribution in [-0.2, 0) is 26.3 Å². The molecule has 2 aromatic carbocycles. The average molecular weight is 413 g/mol. The predicted octanol–water partition coefficient (Wildman–Crippen LogP) is 2.79. The fourth-order valence-corrected chi connectivity index (χ4v) is 3.83. The number of hydrogen-bond donors (Lipinski definition) is 1. The molecule has 7 nitrogen and oxygen atoms in total. The molecule has 0 aliphatic heterocycles. The highest BCUT2D eigenvalue weighted by molar-refractivity contribution is 7.90. The molecule has 0 radical (unpaired) electrons. The lowest BCUT2D eigenvalue weighted by Crippen LogP contribution is -2.44. The van der Waals surface area contributed by atoms with Crippen LogP contribution in [0, 0.1) is 0 Å². The summed E-state index contributed by atoms with van der Waals surface area (Å²) in [4.78, 5) is 11.9. The lowest BCUT2D eigenvalue weighted by atomic mass is 10.2. The van der Waals surface area contributed by atoms with Crippen LogP contribution in [0.1, 0.15) is 12.5 Å². The van der Waals surface area contributed by atoms with Gasteiger partial charge in [0.1, 0.15) is 12.3 Å². The Morgan fingerprint density at radius 3 is 2.44 bits per heavy atom. The van der Waals surface area contributed by atoms with Crippen LogP contribution in [0.5, 0.6) is 5.75 Å². The summed E-state index contributed by atoms with van der Waals surface area (Å²) in [6.07, 6.45) is 0. The van der Waals surface area contributed by atoms with Crippen molar-refractivity contribution in [2.24, 2.45) is 0 Å². The summed E-state index contributed by atoms with van der Waals surface area (Å²) in [7, 11) is -2.66. The van der Waals surface area contributed by atoms with Crippen molar-refractivity contribution >= 4 is 33.5 Å². The minimum absolute atomic E-state index is 0.00652. The summed E-state index contributed by atoms with van der Waals surface area (Å²) >= 11 is 5.86. The first-order valence-electron chi connectivity index (χ1n) is 8.17. The highest BCUT2D eigenvalue weighted by Crippen LogP contribution is 2.23. The largest absolute Gasteiger partial charge is 0.508 e. The van der Waals surface area contributed by atoms with E-state index in [4.69, 9.17) is 16.3 Å². The number of anilines is 1. The topological polar surface area (TPSA) is 87.1 Å². The second-order valence-electron chi connectivity index (χ2n) is 5.69. The zero-order valence-electron chi connectivity index (χ0n) is 15.0. The molecule has 2 aromatic rings. The highest BCUT2D eigenvalue weighted by atomic mass is 35.5. The molecule has 0 amide bonds. The Morgan fingerprint density at radius 2 is 1.85 bits per heavy atom. The maximum atomic E-state index is 13.1. The SMILES string of the molecule is CCOC(=O)CN(Cc1cccc(O)c1)S(=O)(=O)N(C)c1ccc(Cl)cc1. The van der Waals surface area contributed by atoms with E-state index >= 15 is 0 Å². The fourth-order valence-electron chi connectivity index (χ4n) is 2.39. The van der Waals surface area contributed by atoms with Crippen LogP contribution in [0.4, 0.5) is 5.69 Å². The Kier molecular flexibility index (Phi) is 7.06. The monoisotopic (exact) mass is 412 g/mol. The number of hydrogen-bond acceptors (Lipinski definition) is 5. The van der Waals surface area contributed by atoms with Crippen molar-refractivity contribution in [2.45, 2.75) is 13.5 Å². The van der Waals surface area contributed by atoms with Gasteiger partial charge in [-0.1, -0.05) is 23.7 Å². The van der Waals surface area contributed by atoms with Crippen molar-refractivity contribution in [1.82, 2.24) is 4.31 Å². The molecular weight excluding hydrogens is 392 g/mol. The molecule has 0 heterocycles. The summed E-state index contributed by atoms with van der Waals surface area (Å²) in [6, 6.07) is 12.5. The summed E-state index contributed by atoms with van der Waals surface area (Å²) in [5, 5.41) is 10.1. The van der Waals surface area contributed by atoms with Gasteiger partial charge in [0.25, 0.3) is 0 Å². The molecule has 0 unspecified atom stereocenters. The van der Waals surface area contributed by atoms with Gasteiger partial charge in [-0.15, -0.1) is 0 Å². The summed E-state index contributed by atoms with van der Waals surface area (Å²) < 4.78 is 33.1. The van der Waals surface area contributed by atoms with E-state index in [1.165, 1.54) is 19.2 Å². The van der Waals surface area contributed by atoms with Crippen LogP contribution in [0.3, 0.4) is 0 Å². The van der Waals surface area contributed by atoms with E-state index in [9.17, 15) is 18.3 Å². The van der Waals surface area contributed by atoms with E-state index in [0.717, 1.165) is 8.61 Å². The first-order chi connectivity index (χ1) is 12.7. The van der Waals surface area contributed by atoms with Gasteiger partial charge in [0.2, 0.25) is 0 Å². The number of rotatable bonds is 8. The molecule has 0 saturated heterocycles. The summed E-state index contributed by atoms with van der Waals surface area (Å²) in [5.41, 5.74) is 0.927. The van der Waals surface area contributed by atoms with Crippen LogP contribution < -0.4 is 4.31 Å². The molecule has 0 spiro atoms. The third-order valence-corrected chi connectivity index (χ3v) is 5.81. The van der Waals surface area contributed by atoms with E-state index in [2.05, 4.69) is 0 Å². The Balaban J connectivity index is 2.34. The highest BCUT2D eigenvalue weighted by Gasteiger charge is 2.30. The standard InChI is InChI=1S/C18H21ClN2O5S/c1-3-26-18(23)13-21(12-14-5-4-6-17(22)11-14)27(24,25)20(2)16-9-7-15(19)8-10-16/h4-11,22H,3,12-13H2,1-2H3. The maximum Gasteiger partial charge on any atom is 0.321 e. The quantitative estimate of drug-likeness (QED) is 0.673. The second kappa shape index (κ2) is 9.07. The van der Waals surface area contributed by atoms with Gasteiger partial charge in [0.05, 0.1) is 12.3 Å². The van der Waals surface area contributed by atoms with Crippen molar-refractivity contribution in [2.75, 3.05) is 24.5 Å². The number of aromatic hydroxyl groups is 1. The van der Waals surface area contributed by atoms with Gasteiger partial charge in [-0.2, -0.15) is 12.7 Å². The van der Waals surface area contributed by atoms with Gasteiger partial charge in [-0.05, 0) is 48.9 Å². The second-order valence-corrected chi connectivity index (χ2v) is 8.09. The zero-order chi connectivity index (χ0) is 20.0. The van der Waals surface area contributed by atoms with Gasteiger partial charge in [-0.3, -0.25) is 9.10 Å². The molecule has 2 rings (SSSR count). The Bertz CT molecular complexity index is 887. The van der Waals surface area contributed by atoms with Crippen molar-refractivity contribution in [3.8, 4) is 5.75 Å². The molecule has 0 aliphatic carbocycles. The molecule has 0 aliphatic rings. The molecule has 0 saturated carbocycles. The lowest BCUT2D eigenvalue weighted by molar-refractivity contribution is -0.143. The number of carbonyl (C=O) groups is 1. The minimum Gasteiger partial charge on any atom is -0.508 e. The van der Waals surface area contributed by atoms with Gasteiger partial charge >= 0.3 is 16.2 Å². The Morgan fingerprint density at radius 1 is 1.19 bits per heavy atom. The van der Waals surface area contributed by atoms with Crippen molar-refractivity contribution < 1.29 is 23.1 Å². The first kappa shape index (κ1) is 21.0. The lowest BCUT2D eigenvalue weighted by Gasteiger charge is -2.28. The number of esters is 1. The van der Waals surface area contributed by atoms with E-state index in [1.807, 2.05) is 0 Å². The molecular formula is C18H21ClN2O5S. The average Bonchev–Trinajstić information content (AvgIpc) is 2.61. The third-order valence-electron chi connectivity index (χ3n) is 3.74. The Labute approximate surface area is 163 Å². The summed E-state index contributed by atoms with van der Waals surface area (Å²) in [5.74, 6) is -0.655. The molecule has 0 bridgehead atoms. The zero-order valence-corrected chi connectivity index (χ0v) is 16.6. The van der Waals surface area contributed by atoms with Gasteiger partial charge in [0.15, 0.2) is 0 Å².